The third-order valence-electron chi connectivity index (χ3n) is 5.16. The number of carbonyl (C=O) groups excluding carboxylic acids is 2. The van der Waals surface area contributed by atoms with Crippen molar-refractivity contribution in [1.29, 1.82) is 0 Å². The molecule has 4 N–H and O–H groups in total. The molecule has 28 heavy (non-hydrogen) atoms. The number of para-hydroxylation sites is 1. The molecule has 0 bridgehead atoms. The molecule has 0 atom stereocenters. The summed E-state index contributed by atoms with van der Waals surface area (Å²) in [5.74, 6) is -1.85. The Labute approximate surface area is 162 Å². The molecule has 0 unspecified atom stereocenters. The number of nitrogens with zero attached hydrogens (tertiary/aromatic N) is 1. The number of carboxylic acid groups (broad SMARTS) is 1. The minimum Gasteiger partial charge on any atom is -0.477 e. The number of unbranched alkanes of at least 4 members (excludes halogenated alkanes) is 3. The Morgan fingerprint density at radius 2 is 1.89 bits per heavy atom. The average molecular weight is 387 g/mol. The molecule has 0 spiro atoms. The third-order valence-corrected chi connectivity index (χ3v) is 5.16. The summed E-state index contributed by atoms with van der Waals surface area (Å²) in [5, 5.41) is 21.7. The standard InChI is InChI=1S/C20H25N3O5/c24-15(22-28)10-3-1-2-4-11-21-19(25)16-14-9-5-7-13-8-6-12-23(17(13)14)18(16)20(26)27/h5,7,9,28H,1-4,6,8,10-12H2,(H,21,25)(H,22,24)(H,26,27). The summed E-state index contributed by atoms with van der Waals surface area (Å²) >= 11 is 0. The van der Waals surface area contributed by atoms with Crippen LogP contribution in [0.4, 0.5) is 0 Å². The van der Waals surface area contributed by atoms with Crippen LogP contribution in [0.15, 0.2) is 18.2 Å². The number of carboxylic acids is 1. The van der Waals surface area contributed by atoms with Crippen molar-refractivity contribution in [2.24, 2.45) is 0 Å². The predicted octanol–water partition coefficient (Wildman–Crippen LogP) is 2.47. The molecule has 2 amide bonds. The Kier molecular flexibility index (Phi) is 6.30. The Balaban J connectivity index is 1.66. The van der Waals surface area contributed by atoms with Crippen LogP contribution in [0.25, 0.3) is 10.9 Å². The van der Waals surface area contributed by atoms with Gasteiger partial charge in [0, 0.05) is 24.9 Å². The molecule has 1 aromatic carbocycles. The minimum absolute atomic E-state index is 0.0645. The number of rotatable bonds is 9. The second kappa shape index (κ2) is 8.88. The number of nitrogens with one attached hydrogen (secondary N) is 2. The second-order valence-corrected chi connectivity index (χ2v) is 7.05. The maximum Gasteiger partial charge on any atom is 0.353 e. The summed E-state index contributed by atoms with van der Waals surface area (Å²) in [7, 11) is 0. The lowest BCUT2D eigenvalue weighted by molar-refractivity contribution is -0.129. The highest BCUT2D eigenvalue weighted by atomic mass is 16.5. The summed E-state index contributed by atoms with van der Waals surface area (Å²) in [6, 6.07) is 5.68. The zero-order valence-electron chi connectivity index (χ0n) is 15.7. The van der Waals surface area contributed by atoms with Crippen molar-refractivity contribution in [2.75, 3.05) is 6.54 Å². The summed E-state index contributed by atoms with van der Waals surface area (Å²) < 4.78 is 1.76. The highest BCUT2D eigenvalue weighted by molar-refractivity contribution is 6.15. The molecule has 0 saturated heterocycles. The SMILES string of the molecule is O=C(CCCCCCNC(=O)c1c(C(=O)O)n2c3c(cccc13)CCC2)NO. The van der Waals surface area contributed by atoms with Crippen molar-refractivity contribution in [1.82, 2.24) is 15.4 Å². The molecular formula is C20H25N3O5. The van der Waals surface area contributed by atoms with E-state index in [1.54, 1.807) is 10.0 Å². The molecular weight excluding hydrogens is 362 g/mol. The molecule has 8 nitrogen and oxygen atoms in total. The van der Waals surface area contributed by atoms with Gasteiger partial charge in [-0.3, -0.25) is 14.8 Å². The van der Waals surface area contributed by atoms with Crippen LogP contribution in [0, 0.1) is 0 Å². The Morgan fingerprint density at radius 3 is 2.64 bits per heavy atom. The first-order valence-electron chi connectivity index (χ1n) is 9.63. The van der Waals surface area contributed by atoms with Gasteiger partial charge >= 0.3 is 5.97 Å². The molecule has 3 rings (SSSR count). The number of aryl methyl sites for hydroxylation is 2. The fourth-order valence-corrected chi connectivity index (χ4v) is 3.90. The van der Waals surface area contributed by atoms with E-state index in [1.807, 2.05) is 18.2 Å². The van der Waals surface area contributed by atoms with E-state index in [0.29, 0.717) is 24.9 Å². The zero-order valence-corrected chi connectivity index (χ0v) is 15.7. The number of aromatic nitrogens is 1. The maximum atomic E-state index is 12.8. The van der Waals surface area contributed by atoms with Crippen LogP contribution < -0.4 is 10.8 Å². The van der Waals surface area contributed by atoms with Gasteiger partial charge in [0.25, 0.3) is 5.91 Å². The second-order valence-electron chi connectivity index (χ2n) is 7.05. The van der Waals surface area contributed by atoms with Crippen molar-refractivity contribution in [3.8, 4) is 0 Å². The lowest BCUT2D eigenvalue weighted by Crippen LogP contribution is -2.26. The van der Waals surface area contributed by atoms with E-state index in [1.165, 1.54) is 0 Å². The molecule has 150 valence electrons. The Bertz CT molecular complexity index is 903. The number of hydrogen-bond acceptors (Lipinski definition) is 4. The van der Waals surface area contributed by atoms with Gasteiger partial charge in [0.1, 0.15) is 5.69 Å². The normalized spacial score (nSPS) is 12.8. The van der Waals surface area contributed by atoms with Crippen LogP contribution in [0.3, 0.4) is 0 Å². The molecule has 1 aromatic heterocycles. The average Bonchev–Trinajstić information content (AvgIpc) is 3.03. The van der Waals surface area contributed by atoms with Crippen LogP contribution in [-0.4, -0.2) is 39.2 Å². The van der Waals surface area contributed by atoms with Crippen molar-refractivity contribution in [3.05, 3.63) is 35.0 Å². The third kappa shape index (κ3) is 4.01. The molecule has 0 saturated carbocycles. The fourth-order valence-electron chi connectivity index (χ4n) is 3.90. The van der Waals surface area contributed by atoms with E-state index in [2.05, 4.69) is 5.32 Å². The topological polar surface area (TPSA) is 121 Å². The monoisotopic (exact) mass is 387 g/mol. The van der Waals surface area contributed by atoms with Crippen LogP contribution in [0.5, 0.6) is 0 Å². The van der Waals surface area contributed by atoms with Crippen LogP contribution >= 0.6 is 0 Å². The van der Waals surface area contributed by atoms with Gasteiger partial charge in [-0.15, -0.1) is 0 Å². The number of benzene rings is 1. The van der Waals surface area contributed by atoms with Crippen molar-refractivity contribution in [2.45, 2.75) is 51.5 Å². The number of hydroxylamine groups is 1. The number of aromatic carboxylic acids is 1. The summed E-state index contributed by atoms with van der Waals surface area (Å²) in [4.78, 5) is 35.6. The van der Waals surface area contributed by atoms with Gasteiger partial charge < -0.3 is 15.0 Å². The Morgan fingerprint density at radius 1 is 1.11 bits per heavy atom. The van der Waals surface area contributed by atoms with E-state index in [9.17, 15) is 19.5 Å². The predicted molar refractivity (Wildman–Crippen MR) is 103 cm³/mol. The quantitative estimate of drug-likeness (QED) is 0.299. The molecule has 2 aromatic rings. The van der Waals surface area contributed by atoms with Gasteiger partial charge in [-0.2, -0.15) is 0 Å². The van der Waals surface area contributed by atoms with Gasteiger partial charge in [0.05, 0.1) is 11.1 Å². The molecule has 1 aliphatic rings. The van der Waals surface area contributed by atoms with Gasteiger partial charge in [-0.05, 0) is 31.2 Å². The van der Waals surface area contributed by atoms with E-state index in [0.717, 1.165) is 43.2 Å². The Hall–Kier alpha value is -2.87. The fraction of sp³-hybridized carbons (Fsp3) is 0.450. The lowest BCUT2D eigenvalue weighted by atomic mass is 10.0. The van der Waals surface area contributed by atoms with Crippen molar-refractivity contribution in [3.63, 3.8) is 0 Å². The lowest BCUT2D eigenvalue weighted by Gasteiger charge is -2.16. The van der Waals surface area contributed by atoms with E-state index >= 15 is 0 Å². The molecule has 1 aliphatic heterocycles. The first kappa shape index (κ1) is 19.9. The number of amides is 2. The van der Waals surface area contributed by atoms with Crippen LogP contribution in [0.1, 0.15) is 64.9 Å². The largest absolute Gasteiger partial charge is 0.477 e. The van der Waals surface area contributed by atoms with Crippen LogP contribution in [0.2, 0.25) is 0 Å². The highest BCUT2D eigenvalue weighted by Crippen LogP contribution is 2.33. The van der Waals surface area contributed by atoms with Crippen LogP contribution in [-0.2, 0) is 17.8 Å². The van der Waals surface area contributed by atoms with Crippen molar-refractivity contribution >= 4 is 28.7 Å². The summed E-state index contributed by atoms with van der Waals surface area (Å²) in [5.41, 5.74) is 3.84. The molecule has 8 heteroatoms. The minimum atomic E-state index is -1.09. The summed E-state index contributed by atoms with van der Waals surface area (Å²) in [6.45, 7) is 1.04. The van der Waals surface area contributed by atoms with Gasteiger partial charge in [-0.1, -0.05) is 31.0 Å². The zero-order chi connectivity index (χ0) is 20.1. The first-order chi connectivity index (χ1) is 13.5. The summed E-state index contributed by atoms with van der Waals surface area (Å²) in [6.07, 6.45) is 5.06. The van der Waals surface area contributed by atoms with E-state index in [4.69, 9.17) is 5.21 Å². The highest BCUT2D eigenvalue weighted by Gasteiger charge is 2.29. The number of hydrogen-bond donors (Lipinski definition) is 4. The number of carbonyl (C=O) groups is 3. The van der Waals surface area contributed by atoms with E-state index < -0.39 is 11.9 Å². The smallest absolute Gasteiger partial charge is 0.353 e. The van der Waals surface area contributed by atoms with Gasteiger partial charge in [-0.25, -0.2) is 10.3 Å². The first-order valence-corrected chi connectivity index (χ1v) is 9.63. The molecule has 0 radical (unpaired) electrons. The molecule has 0 fully saturated rings. The van der Waals surface area contributed by atoms with E-state index in [-0.39, 0.29) is 23.6 Å². The van der Waals surface area contributed by atoms with Crippen molar-refractivity contribution < 1.29 is 24.7 Å². The molecule has 2 heterocycles. The van der Waals surface area contributed by atoms with Gasteiger partial charge in [0.2, 0.25) is 5.91 Å². The van der Waals surface area contributed by atoms with Gasteiger partial charge in [0.15, 0.2) is 0 Å². The maximum absolute atomic E-state index is 12.8. The molecule has 0 aliphatic carbocycles.